The highest BCUT2D eigenvalue weighted by Gasteiger charge is 2.13. The minimum Gasteiger partial charge on any atom is -0.374 e. The Morgan fingerprint density at radius 2 is 1.69 bits per heavy atom. The maximum atomic E-state index is 3.16. The zero-order valence-electron chi connectivity index (χ0n) is 11.2. The van der Waals surface area contributed by atoms with Crippen molar-refractivity contribution >= 4 is 5.69 Å². The summed E-state index contributed by atoms with van der Waals surface area (Å²) in [6, 6.07) is 8.76. The van der Waals surface area contributed by atoms with E-state index in [0.717, 1.165) is 13.1 Å². The van der Waals surface area contributed by atoms with Gasteiger partial charge < -0.3 is 10.2 Å². The molecule has 90 valence electrons. The molecule has 0 saturated heterocycles. The van der Waals surface area contributed by atoms with Crippen LogP contribution in [0.1, 0.15) is 26.3 Å². The van der Waals surface area contributed by atoms with Crippen LogP contribution in [0.5, 0.6) is 0 Å². The summed E-state index contributed by atoms with van der Waals surface area (Å²) in [5, 5.41) is 3.16. The normalized spacial score (nSPS) is 11.6. The van der Waals surface area contributed by atoms with E-state index in [1.807, 2.05) is 7.05 Å². The van der Waals surface area contributed by atoms with Crippen LogP contribution in [0.4, 0.5) is 5.69 Å². The average Bonchev–Trinajstić information content (AvgIpc) is 2.16. The van der Waals surface area contributed by atoms with Crippen LogP contribution in [-0.2, 0) is 6.54 Å². The molecule has 0 aromatic heterocycles. The fourth-order valence-electron chi connectivity index (χ4n) is 1.88. The number of nitrogens with zero attached hydrogens (tertiary/aromatic N) is 1. The number of hydrogen-bond donors (Lipinski definition) is 1. The van der Waals surface area contributed by atoms with Crippen molar-refractivity contribution in [1.82, 2.24) is 5.32 Å². The predicted octanol–water partition coefficient (Wildman–Crippen LogP) is 2.89. The second-order valence-electron chi connectivity index (χ2n) is 5.61. The largest absolute Gasteiger partial charge is 0.374 e. The Morgan fingerprint density at radius 3 is 2.12 bits per heavy atom. The fraction of sp³-hybridized carbons (Fsp3) is 0.571. The van der Waals surface area contributed by atoms with E-state index in [1.54, 1.807) is 0 Å². The van der Waals surface area contributed by atoms with E-state index in [4.69, 9.17) is 0 Å². The summed E-state index contributed by atoms with van der Waals surface area (Å²) in [6.45, 7) is 8.79. The Kier molecular flexibility index (Phi) is 4.36. The van der Waals surface area contributed by atoms with Gasteiger partial charge in [-0.25, -0.2) is 0 Å². The molecule has 0 spiro atoms. The average molecular weight is 220 g/mol. The molecule has 1 N–H and O–H groups in total. The van der Waals surface area contributed by atoms with Gasteiger partial charge in [-0.3, -0.25) is 0 Å². The Hall–Kier alpha value is -1.02. The van der Waals surface area contributed by atoms with Gasteiger partial charge in [-0.1, -0.05) is 32.9 Å². The van der Waals surface area contributed by atoms with E-state index in [1.165, 1.54) is 11.3 Å². The van der Waals surface area contributed by atoms with Crippen molar-refractivity contribution in [3.63, 3.8) is 0 Å². The lowest BCUT2D eigenvalue weighted by Gasteiger charge is -2.28. The minimum atomic E-state index is 0.332. The summed E-state index contributed by atoms with van der Waals surface area (Å²) in [4.78, 5) is 2.31. The van der Waals surface area contributed by atoms with Crippen LogP contribution in [0.2, 0.25) is 0 Å². The fourth-order valence-corrected chi connectivity index (χ4v) is 1.88. The zero-order chi connectivity index (χ0) is 12.2. The summed E-state index contributed by atoms with van der Waals surface area (Å²) in [5.41, 5.74) is 2.95. The van der Waals surface area contributed by atoms with E-state index >= 15 is 0 Å². The molecule has 0 bridgehead atoms. The molecular weight excluding hydrogens is 196 g/mol. The van der Waals surface area contributed by atoms with Crippen LogP contribution in [0, 0.1) is 5.41 Å². The second kappa shape index (κ2) is 5.35. The number of hydrogen-bond acceptors (Lipinski definition) is 2. The molecule has 0 aliphatic heterocycles. The van der Waals surface area contributed by atoms with Crippen molar-refractivity contribution in [1.29, 1.82) is 0 Å². The van der Waals surface area contributed by atoms with Gasteiger partial charge in [0, 0.05) is 25.8 Å². The standard InChI is InChI=1S/C14H24N2/c1-14(2,3)11-16(5)13-8-6-12(7-9-13)10-15-4/h6-9,15H,10-11H2,1-5H3. The predicted molar refractivity (Wildman–Crippen MR) is 71.9 cm³/mol. The SMILES string of the molecule is CNCc1ccc(N(C)CC(C)(C)C)cc1. The molecule has 2 nitrogen and oxygen atoms in total. The first-order valence-electron chi connectivity index (χ1n) is 5.87. The Bertz CT molecular complexity index is 309. The molecule has 16 heavy (non-hydrogen) atoms. The molecule has 0 heterocycles. The van der Waals surface area contributed by atoms with Gasteiger partial charge in [0.05, 0.1) is 0 Å². The molecule has 1 rings (SSSR count). The van der Waals surface area contributed by atoms with Crippen LogP contribution >= 0.6 is 0 Å². The Balaban J connectivity index is 2.66. The van der Waals surface area contributed by atoms with E-state index in [9.17, 15) is 0 Å². The first-order chi connectivity index (χ1) is 7.42. The van der Waals surface area contributed by atoms with E-state index in [-0.39, 0.29) is 0 Å². The molecular formula is C14H24N2. The lowest BCUT2D eigenvalue weighted by Crippen LogP contribution is -2.29. The molecule has 0 fully saturated rings. The third-order valence-corrected chi connectivity index (χ3v) is 2.47. The van der Waals surface area contributed by atoms with Gasteiger partial charge in [0.2, 0.25) is 0 Å². The number of anilines is 1. The lowest BCUT2D eigenvalue weighted by atomic mass is 9.96. The molecule has 1 aromatic carbocycles. The minimum absolute atomic E-state index is 0.332. The highest BCUT2D eigenvalue weighted by atomic mass is 15.1. The van der Waals surface area contributed by atoms with Gasteiger partial charge in [0.1, 0.15) is 0 Å². The molecule has 0 aliphatic carbocycles. The van der Waals surface area contributed by atoms with Gasteiger partial charge in [0.25, 0.3) is 0 Å². The van der Waals surface area contributed by atoms with Gasteiger partial charge in [-0.15, -0.1) is 0 Å². The van der Waals surface area contributed by atoms with E-state index < -0.39 is 0 Å². The van der Waals surface area contributed by atoms with Crippen molar-refractivity contribution in [2.24, 2.45) is 5.41 Å². The van der Waals surface area contributed by atoms with Gasteiger partial charge in [-0.05, 0) is 30.2 Å². The van der Waals surface area contributed by atoms with Crippen molar-refractivity contribution in [3.8, 4) is 0 Å². The maximum absolute atomic E-state index is 3.16. The summed E-state index contributed by atoms with van der Waals surface area (Å²) in [5.74, 6) is 0. The molecule has 2 heteroatoms. The zero-order valence-corrected chi connectivity index (χ0v) is 11.2. The molecule has 0 amide bonds. The lowest BCUT2D eigenvalue weighted by molar-refractivity contribution is 0.419. The molecule has 0 aliphatic rings. The summed E-state index contributed by atoms with van der Waals surface area (Å²) < 4.78 is 0. The van der Waals surface area contributed by atoms with E-state index in [2.05, 4.69) is 62.3 Å². The van der Waals surface area contributed by atoms with Gasteiger partial charge in [-0.2, -0.15) is 0 Å². The highest BCUT2D eigenvalue weighted by Crippen LogP contribution is 2.20. The van der Waals surface area contributed by atoms with Crippen LogP contribution in [-0.4, -0.2) is 20.6 Å². The monoisotopic (exact) mass is 220 g/mol. The van der Waals surface area contributed by atoms with Crippen LogP contribution in [0.15, 0.2) is 24.3 Å². The van der Waals surface area contributed by atoms with Gasteiger partial charge >= 0.3 is 0 Å². The van der Waals surface area contributed by atoms with Crippen molar-refractivity contribution in [2.45, 2.75) is 27.3 Å². The molecule has 0 saturated carbocycles. The second-order valence-corrected chi connectivity index (χ2v) is 5.61. The summed E-state index contributed by atoms with van der Waals surface area (Å²) in [7, 11) is 4.12. The Morgan fingerprint density at radius 1 is 1.12 bits per heavy atom. The first kappa shape index (κ1) is 13.0. The molecule has 0 atom stereocenters. The van der Waals surface area contributed by atoms with Crippen molar-refractivity contribution in [3.05, 3.63) is 29.8 Å². The number of nitrogens with one attached hydrogen (secondary N) is 1. The number of rotatable bonds is 4. The molecule has 0 unspecified atom stereocenters. The van der Waals surface area contributed by atoms with Gasteiger partial charge in [0.15, 0.2) is 0 Å². The van der Waals surface area contributed by atoms with Crippen LogP contribution in [0.25, 0.3) is 0 Å². The summed E-state index contributed by atoms with van der Waals surface area (Å²) >= 11 is 0. The van der Waals surface area contributed by atoms with Crippen molar-refractivity contribution < 1.29 is 0 Å². The van der Waals surface area contributed by atoms with Crippen LogP contribution in [0.3, 0.4) is 0 Å². The molecule has 0 radical (unpaired) electrons. The quantitative estimate of drug-likeness (QED) is 0.839. The topological polar surface area (TPSA) is 15.3 Å². The van der Waals surface area contributed by atoms with Crippen LogP contribution < -0.4 is 10.2 Å². The highest BCUT2D eigenvalue weighted by molar-refractivity contribution is 5.47. The third kappa shape index (κ3) is 4.23. The Labute approximate surface area is 99.7 Å². The maximum Gasteiger partial charge on any atom is 0.0363 e. The number of benzene rings is 1. The van der Waals surface area contributed by atoms with E-state index in [0.29, 0.717) is 5.41 Å². The smallest absolute Gasteiger partial charge is 0.0363 e. The van der Waals surface area contributed by atoms with Crippen molar-refractivity contribution in [2.75, 3.05) is 25.5 Å². The first-order valence-corrected chi connectivity index (χ1v) is 5.87. The third-order valence-electron chi connectivity index (χ3n) is 2.47. The summed E-state index contributed by atoms with van der Waals surface area (Å²) in [6.07, 6.45) is 0. The molecule has 1 aromatic rings.